The molecule has 10 rings (SSSR count). The number of fused-ring (bicyclic) bond motifs is 4. The number of para-hydroxylation sites is 3. The number of aromatic nitrogens is 2. The maximum absolute atomic E-state index is 6.06. The molecule has 0 aliphatic rings. The summed E-state index contributed by atoms with van der Waals surface area (Å²) in [5, 5.41) is 2.46. The van der Waals surface area contributed by atoms with Crippen LogP contribution in [0.15, 0.2) is 224 Å². The van der Waals surface area contributed by atoms with Gasteiger partial charge in [-0.25, -0.2) is 4.98 Å². The largest absolute Gasteiger partial charge is 0.436 e. The van der Waals surface area contributed by atoms with E-state index in [1.54, 1.807) is 12.2 Å². The molecule has 0 aliphatic heterocycles. The molecular formula is C53H38N2O. The predicted octanol–water partition coefficient (Wildman–Crippen LogP) is 14.6. The van der Waals surface area contributed by atoms with E-state index in [1.807, 2.05) is 24.3 Å². The van der Waals surface area contributed by atoms with Crippen molar-refractivity contribution in [3.05, 3.63) is 219 Å². The lowest BCUT2D eigenvalue weighted by Gasteiger charge is -2.15. The van der Waals surface area contributed by atoms with Crippen LogP contribution >= 0.6 is 0 Å². The highest BCUT2D eigenvalue weighted by atomic mass is 16.3. The van der Waals surface area contributed by atoms with Crippen molar-refractivity contribution in [1.82, 2.24) is 9.55 Å². The molecule has 0 atom stereocenters. The number of allylic oxidation sites excluding steroid dienone is 2. The number of benzene rings is 8. The summed E-state index contributed by atoms with van der Waals surface area (Å²) in [7, 11) is 0. The third kappa shape index (κ3) is 6.42. The zero-order valence-corrected chi connectivity index (χ0v) is 30.8. The minimum absolute atomic E-state index is 0.631. The van der Waals surface area contributed by atoms with Crippen LogP contribution in [0.4, 0.5) is 0 Å². The summed E-state index contributed by atoms with van der Waals surface area (Å²) >= 11 is 0. The lowest BCUT2D eigenvalue weighted by atomic mass is 9.89. The van der Waals surface area contributed by atoms with E-state index in [1.165, 1.54) is 60.8 Å². The number of hydrogen-bond acceptors (Lipinski definition) is 2. The zero-order valence-electron chi connectivity index (χ0n) is 30.8. The normalized spacial score (nSPS) is 11.0. The first kappa shape index (κ1) is 34.3. The average Bonchev–Trinajstić information content (AvgIpc) is 3.86. The van der Waals surface area contributed by atoms with Crippen molar-refractivity contribution in [2.75, 3.05) is 0 Å². The standard InChI is InChI=1S/C49H32N2O.C4H6/c1-3-13-33(14-4-1)36-27-29-46-43(31-36)44-32-37(28-30-47(44)51(46)38-15-5-2-6-16-38)40-18-8-10-20-42(40)41-19-9-7-17-39(41)34-23-25-35(26-24-34)49-50-45-21-11-12-22-48(45)52-49;1-3-4-2/h1-32H;3-4H,1-2H2. The van der Waals surface area contributed by atoms with E-state index in [2.05, 4.69) is 188 Å². The number of rotatable bonds is 7. The first-order valence-corrected chi connectivity index (χ1v) is 18.8. The van der Waals surface area contributed by atoms with Gasteiger partial charge in [0.25, 0.3) is 0 Å². The van der Waals surface area contributed by atoms with Gasteiger partial charge in [-0.1, -0.05) is 159 Å². The second-order valence-corrected chi connectivity index (χ2v) is 13.6. The van der Waals surface area contributed by atoms with Crippen molar-refractivity contribution >= 4 is 32.9 Å². The van der Waals surface area contributed by atoms with E-state index in [0.717, 1.165) is 27.9 Å². The summed E-state index contributed by atoms with van der Waals surface area (Å²) in [6.45, 7) is 6.72. The van der Waals surface area contributed by atoms with Crippen LogP contribution in [0, 0.1) is 0 Å². The van der Waals surface area contributed by atoms with Crippen LogP contribution in [0.25, 0.3) is 94.6 Å². The summed E-state index contributed by atoms with van der Waals surface area (Å²) < 4.78 is 8.44. The van der Waals surface area contributed by atoms with E-state index in [-0.39, 0.29) is 0 Å². The molecule has 0 spiro atoms. The fraction of sp³-hybridized carbons (Fsp3) is 0. The Kier molecular flexibility index (Phi) is 9.24. The summed E-state index contributed by atoms with van der Waals surface area (Å²) in [6, 6.07) is 69.0. The Morgan fingerprint density at radius 2 is 0.893 bits per heavy atom. The minimum atomic E-state index is 0.631. The number of hydrogen-bond donors (Lipinski definition) is 0. The van der Waals surface area contributed by atoms with Crippen molar-refractivity contribution < 1.29 is 4.42 Å². The molecule has 10 aromatic rings. The topological polar surface area (TPSA) is 31.0 Å². The molecule has 0 N–H and O–H groups in total. The molecule has 3 heteroatoms. The van der Waals surface area contributed by atoms with Crippen molar-refractivity contribution in [3.63, 3.8) is 0 Å². The second kappa shape index (κ2) is 15.1. The van der Waals surface area contributed by atoms with Gasteiger partial charge in [-0.15, -0.1) is 0 Å². The Labute approximate surface area is 326 Å². The van der Waals surface area contributed by atoms with E-state index in [0.29, 0.717) is 5.89 Å². The molecular weight excluding hydrogens is 681 g/mol. The molecule has 0 unspecified atom stereocenters. The molecule has 0 radical (unpaired) electrons. The van der Waals surface area contributed by atoms with Gasteiger partial charge in [0.05, 0.1) is 11.0 Å². The predicted molar refractivity (Wildman–Crippen MR) is 236 cm³/mol. The van der Waals surface area contributed by atoms with Crippen LogP contribution in [0.3, 0.4) is 0 Å². The van der Waals surface area contributed by atoms with Gasteiger partial charge in [0, 0.05) is 22.0 Å². The average molecular weight is 719 g/mol. The van der Waals surface area contributed by atoms with Crippen LogP contribution in [-0.4, -0.2) is 9.55 Å². The van der Waals surface area contributed by atoms with Gasteiger partial charge in [-0.3, -0.25) is 0 Å². The number of nitrogens with zero attached hydrogens (tertiary/aromatic N) is 2. The summed E-state index contributed by atoms with van der Waals surface area (Å²) in [5.41, 5.74) is 15.6. The van der Waals surface area contributed by atoms with Crippen molar-refractivity contribution in [2.45, 2.75) is 0 Å². The third-order valence-electron chi connectivity index (χ3n) is 10.2. The van der Waals surface area contributed by atoms with Crippen LogP contribution in [0.5, 0.6) is 0 Å². The molecule has 0 amide bonds. The fourth-order valence-corrected chi connectivity index (χ4v) is 7.58. The molecule has 2 heterocycles. The lowest BCUT2D eigenvalue weighted by Crippen LogP contribution is -1.93. The van der Waals surface area contributed by atoms with Gasteiger partial charge in [0.15, 0.2) is 5.58 Å². The quantitative estimate of drug-likeness (QED) is 0.154. The first-order chi connectivity index (χ1) is 27.7. The van der Waals surface area contributed by atoms with Crippen LogP contribution in [0.2, 0.25) is 0 Å². The fourth-order valence-electron chi connectivity index (χ4n) is 7.58. The molecule has 0 aliphatic carbocycles. The van der Waals surface area contributed by atoms with Crippen molar-refractivity contribution in [3.8, 4) is 61.6 Å². The first-order valence-electron chi connectivity index (χ1n) is 18.8. The molecule has 3 nitrogen and oxygen atoms in total. The van der Waals surface area contributed by atoms with Crippen LogP contribution in [-0.2, 0) is 0 Å². The highest BCUT2D eigenvalue weighted by molar-refractivity contribution is 6.12. The van der Waals surface area contributed by atoms with E-state index in [4.69, 9.17) is 9.40 Å². The highest BCUT2D eigenvalue weighted by Gasteiger charge is 2.17. The van der Waals surface area contributed by atoms with E-state index < -0.39 is 0 Å². The molecule has 0 saturated carbocycles. The van der Waals surface area contributed by atoms with Crippen molar-refractivity contribution in [2.24, 2.45) is 0 Å². The summed E-state index contributed by atoms with van der Waals surface area (Å²) in [6.07, 6.45) is 3.28. The van der Waals surface area contributed by atoms with Crippen molar-refractivity contribution in [1.29, 1.82) is 0 Å². The Bertz CT molecular complexity index is 2950. The maximum Gasteiger partial charge on any atom is 0.227 e. The van der Waals surface area contributed by atoms with Gasteiger partial charge >= 0.3 is 0 Å². The maximum atomic E-state index is 6.06. The number of oxazole rings is 1. The van der Waals surface area contributed by atoms with Crippen LogP contribution < -0.4 is 0 Å². The molecule has 0 fully saturated rings. The lowest BCUT2D eigenvalue weighted by molar-refractivity contribution is 0.620. The Morgan fingerprint density at radius 3 is 1.52 bits per heavy atom. The van der Waals surface area contributed by atoms with Gasteiger partial charge in [0.1, 0.15) is 5.52 Å². The van der Waals surface area contributed by atoms with Crippen LogP contribution in [0.1, 0.15) is 0 Å². The van der Waals surface area contributed by atoms with Gasteiger partial charge in [-0.2, -0.15) is 0 Å². The van der Waals surface area contributed by atoms with E-state index in [9.17, 15) is 0 Å². The smallest absolute Gasteiger partial charge is 0.227 e. The summed E-state index contributed by atoms with van der Waals surface area (Å²) in [5.74, 6) is 0.631. The molecule has 56 heavy (non-hydrogen) atoms. The molecule has 0 bridgehead atoms. The minimum Gasteiger partial charge on any atom is -0.436 e. The molecule has 8 aromatic carbocycles. The van der Waals surface area contributed by atoms with Gasteiger partial charge in [-0.05, 0) is 105 Å². The Hall–Kier alpha value is -7.49. The molecule has 0 saturated heterocycles. The van der Waals surface area contributed by atoms with Gasteiger partial charge in [0.2, 0.25) is 5.89 Å². The van der Waals surface area contributed by atoms with E-state index >= 15 is 0 Å². The SMILES string of the molecule is C=CC=C.c1ccc(-c2ccc3c(c2)c2cc(-c4ccccc4-c4ccccc4-c4ccc(-c5nc6ccccc6o5)cc4)ccc2n3-c2ccccc2)cc1. The second-order valence-electron chi connectivity index (χ2n) is 13.6. The van der Waals surface area contributed by atoms with Gasteiger partial charge < -0.3 is 8.98 Å². The Balaban J connectivity index is 0.000000980. The highest BCUT2D eigenvalue weighted by Crippen LogP contribution is 2.42. The zero-order chi connectivity index (χ0) is 37.8. The monoisotopic (exact) mass is 718 g/mol. The molecule has 2 aromatic heterocycles. The Morgan fingerprint density at radius 1 is 0.411 bits per heavy atom. The third-order valence-corrected chi connectivity index (χ3v) is 10.2. The summed E-state index contributed by atoms with van der Waals surface area (Å²) in [4.78, 5) is 4.71. The molecule has 266 valence electrons.